The summed E-state index contributed by atoms with van der Waals surface area (Å²) in [4.78, 5) is 12.7. The van der Waals surface area contributed by atoms with Crippen LogP contribution in [0.3, 0.4) is 0 Å². The van der Waals surface area contributed by atoms with Crippen LogP contribution >= 0.6 is 0 Å². The van der Waals surface area contributed by atoms with Gasteiger partial charge >= 0.3 is 12.3 Å². The van der Waals surface area contributed by atoms with E-state index in [1.165, 1.54) is 18.6 Å². The molecule has 4 N–H and O–H groups in total. The number of aromatic nitrogens is 3. The Hall–Kier alpha value is -4.43. The number of aliphatic hydroxyl groups excluding tert-OH is 1. The number of carbonyl (C=O) groups is 1. The SMILES string of the molecule is O=C(O)O.O[C@@H]1c2ccc(-c3noc(-c4onc(-c5ccccc5)c4C(F)(F)F)n3)cc2OC[C@@H]1NC1CCC1. The highest BCUT2D eigenvalue weighted by Gasteiger charge is 2.43. The monoisotopic (exact) mass is 560 g/mol. The van der Waals surface area contributed by atoms with Crippen molar-refractivity contribution in [1.29, 1.82) is 0 Å². The van der Waals surface area contributed by atoms with Crippen LogP contribution in [-0.4, -0.2) is 55.5 Å². The van der Waals surface area contributed by atoms with Crippen molar-refractivity contribution in [3.63, 3.8) is 0 Å². The molecule has 1 aliphatic carbocycles. The molecule has 4 aromatic rings. The van der Waals surface area contributed by atoms with Gasteiger partial charge in [0.15, 0.2) is 0 Å². The van der Waals surface area contributed by atoms with E-state index in [9.17, 15) is 18.3 Å². The van der Waals surface area contributed by atoms with Gasteiger partial charge in [-0.1, -0.05) is 59.2 Å². The van der Waals surface area contributed by atoms with Gasteiger partial charge in [-0.2, -0.15) is 18.2 Å². The molecule has 0 bridgehead atoms. The van der Waals surface area contributed by atoms with Crippen molar-refractivity contribution in [3.8, 4) is 40.0 Å². The molecule has 1 aliphatic heterocycles. The lowest BCUT2D eigenvalue weighted by Crippen LogP contribution is -2.49. The Morgan fingerprint density at radius 3 is 2.38 bits per heavy atom. The quantitative estimate of drug-likeness (QED) is 0.252. The molecule has 6 rings (SSSR count). The van der Waals surface area contributed by atoms with Crippen LogP contribution in [-0.2, 0) is 6.18 Å². The molecule has 0 unspecified atom stereocenters. The van der Waals surface area contributed by atoms with Crippen molar-refractivity contribution in [3.05, 3.63) is 59.7 Å². The lowest BCUT2D eigenvalue weighted by atomic mass is 9.90. The van der Waals surface area contributed by atoms with Gasteiger partial charge in [0.1, 0.15) is 29.7 Å². The molecular weight excluding hydrogens is 537 g/mol. The molecule has 2 aliphatic rings. The number of nitrogens with zero attached hydrogens (tertiary/aromatic N) is 3. The predicted molar refractivity (Wildman–Crippen MR) is 131 cm³/mol. The first-order chi connectivity index (χ1) is 19.1. The van der Waals surface area contributed by atoms with E-state index in [0.29, 0.717) is 29.5 Å². The molecule has 2 atom stereocenters. The molecule has 0 radical (unpaired) electrons. The molecular formula is C26H23F3N4O7. The van der Waals surface area contributed by atoms with E-state index in [1.54, 1.807) is 36.4 Å². The molecule has 1 fully saturated rings. The van der Waals surface area contributed by atoms with Crippen molar-refractivity contribution in [2.24, 2.45) is 0 Å². The maximum atomic E-state index is 14.0. The summed E-state index contributed by atoms with van der Waals surface area (Å²) in [7, 11) is 0. The first-order valence-corrected chi connectivity index (χ1v) is 12.2. The molecule has 2 aromatic carbocycles. The zero-order chi connectivity index (χ0) is 28.4. The number of hydrogen-bond acceptors (Lipinski definition) is 9. The number of rotatable bonds is 5. The van der Waals surface area contributed by atoms with Crippen molar-refractivity contribution in [2.75, 3.05) is 6.61 Å². The number of carboxylic acid groups (broad SMARTS) is 2. The van der Waals surface area contributed by atoms with Crippen LogP contribution in [0.2, 0.25) is 0 Å². The fraction of sp³-hybridized carbons (Fsp3) is 0.308. The summed E-state index contributed by atoms with van der Waals surface area (Å²) in [5, 5.41) is 35.6. The van der Waals surface area contributed by atoms with Gasteiger partial charge in [-0.15, -0.1) is 0 Å². The summed E-state index contributed by atoms with van der Waals surface area (Å²) in [6.07, 6.45) is -3.99. The third kappa shape index (κ3) is 5.62. The summed E-state index contributed by atoms with van der Waals surface area (Å²) in [6.45, 7) is 0.293. The van der Waals surface area contributed by atoms with Crippen LogP contribution in [0.1, 0.15) is 36.5 Å². The number of benzene rings is 2. The van der Waals surface area contributed by atoms with Crippen molar-refractivity contribution < 1.29 is 47.1 Å². The van der Waals surface area contributed by atoms with Gasteiger partial charge in [0.2, 0.25) is 11.6 Å². The topological polar surface area (TPSA) is 164 Å². The second kappa shape index (κ2) is 11.0. The predicted octanol–water partition coefficient (Wildman–Crippen LogP) is 5.24. The summed E-state index contributed by atoms with van der Waals surface area (Å²) in [5.74, 6) is -0.600. The minimum Gasteiger partial charge on any atom is -0.491 e. The highest BCUT2D eigenvalue weighted by Crippen LogP contribution is 2.43. The van der Waals surface area contributed by atoms with Crippen LogP contribution in [0, 0.1) is 0 Å². The summed E-state index contributed by atoms with van der Waals surface area (Å²) in [6, 6.07) is 13.1. The Labute approximate surface area is 224 Å². The van der Waals surface area contributed by atoms with Crippen molar-refractivity contribution in [1.82, 2.24) is 20.6 Å². The number of aliphatic hydroxyl groups is 1. The molecule has 14 heteroatoms. The van der Waals surface area contributed by atoms with Gasteiger partial charge in [-0.05, 0) is 18.9 Å². The fourth-order valence-corrected chi connectivity index (χ4v) is 4.47. The zero-order valence-corrected chi connectivity index (χ0v) is 20.6. The first kappa shape index (κ1) is 27.1. The van der Waals surface area contributed by atoms with Crippen molar-refractivity contribution >= 4 is 6.16 Å². The standard InChI is InChI=1S/C25H21F3N4O4.CH2O3/c26-25(27,28)19-20(13-5-2-1-3-6-13)31-35-22(19)24-30-23(32-36-24)14-9-10-16-18(11-14)34-12-17(21(16)33)29-15-7-4-8-15;2-1(3)4/h1-3,5-6,9-11,15,17,21,29,33H,4,7-8,12H2;(H2,2,3,4)/t17-,21+;/m0./s1. The molecule has 0 saturated heterocycles. The van der Waals surface area contributed by atoms with E-state index in [0.717, 1.165) is 12.8 Å². The minimum absolute atomic E-state index is 0.0476. The van der Waals surface area contributed by atoms with Gasteiger partial charge in [0.05, 0.1) is 6.04 Å². The van der Waals surface area contributed by atoms with Crippen LogP contribution in [0.5, 0.6) is 5.75 Å². The normalized spacial score (nSPS) is 18.6. The first-order valence-electron chi connectivity index (χ1n) is 12.2. The van der Waals surface area contributed by atoms with E-state index in [4.69, 9.17) is 28.8 Å². The van der Waals surface area contributed by atoms with Gasteiger partial charge in [-0.3, -0.25) is 0 Å². The highest BCUT2D eigenvalue weighted by atomic mass is 19.4. The fourth-order valence-electron chi connectivity index (χ4n) is 4.47. The average Bonchev–Trinajstić information content (AvgIpc) is 3.55. The maximum Gasteiger partial charge on any atom is 0.503 e. The average molecular weight is 560 g/mol. The Kier molecular flexibility index (Phi) is 7.45. The number of halogens is 3. The number of hydrogen-bond donors (Lipinski definition) is 4. The van der Waals surface area contributed by atoms with E-state index < -0.39 is 35.7 Å². The maximum absolute atomic E-state index is 14.0. The molecule has 0 spiro atoms. The lowest BCUT2D eigenvalue weighted by molar-refractivity contribution is -0.137. The summed E-state index contributed by atoms with van der Waals surface area (Å²) in [5.41, 5.74) is -0.134. The molecule has 40 heavy (non-hydrogen) atoms. The van der Waals surface area contributed by atoms with Crippen LogP contribution in [0.25, 0.3) is 34.3 Å². The molecule has 2 aromatic heterocycles. The number of fused-ring (bicyclic) bond motifs is 1. The lowest BCUT2D eigenvalue weighted by Gasteiger charge is -2.36. The van der Waals surface area contributed by atoms with Crippen molar-refractivity contribution in [2.45, 2.75) is 43.6 Å². The molecule has 3 heterocycles. The molecule has 210 valence electrons. The summed E-state index contributed by atoms with van der Waals surface area (Å²) < 4.78 is 58.0. The second-order valence-corrected chi connectivity index (χ2v) is 9.21. The van der Waals surface area contributed by atoms with E-state index in [2.05, 4.69) is 20.6 Å². The number of nitrogens with one attached hydrogen (secondary N) is 1. The molecule has 1 saturated carbocycles. The van der Waals surface area contributed by atoms with Crippen LogP contribution in [0.4, 0.5) is 18.0 Å². The Morgan fingerprint density at radius 1 is 1.00 bits per heavy atom. The third-order valence-corrected chi connectivity index (χ3v) is 6.59. The second-order valence-electron chi connectivity index (χ2n) is 9.21. The van der Waals surface area contributed by atoms with Gasteiger partial charge in [0.25, 0.3) is 5.89 Å². The Balaban J connectivity index is 0.000000758. The molecule has 11 nitrogen and oxygen atoms in total. The third-order valence-electron chi connectivity index (χ3n) is 6.59. The van der Waals surface area contributed by atoms with E-state index >= 15 is 0 Å². The smallest absolute Gasteiger partial charge is 0.491 e. The number of ether oxygens (including phenoxy) is 1. The Morgan fingerprint density at radius 2 is 1.73 bits per heavy atom. The summed E-state index contributed by atoms with van der Waals surface area (Å²) >= 11 is 0. The van der Waals surface area contributed by atoms with E-state index in [1.807, 2.05) is 0 Å². The van der Waals surface area contributed by atoms with Gasteiger partial charge in [-0.25, -0.2) is 4.79 Å². The van der Waals surface area contributed by atoms with Crippen LogP contribution < -0.4 is 10.1 Å². The minimum atomic E-state index is -4.77. The Bertz CT molecular complexity index is 1480. The number of alkyl halides is 3. The molecule has 0 amide bonds. The van der Waals surface area contributed by atoms with E-state index in [-0.39, 0.29) is 23.1 Å². The van der Waals surface area contributed by atoms with Gasteiger partial charge < -0.3 is 34.4 Å². The van der Waals surface area contributed by atoms with Gasteiger partial charge in [0, 0.05) is 22.7 Å². The zero-order valence-electron chi connectivity index (χ0n) is 20.6. The largest absolute Gasteiger partial charge is 0.503 e. The van der Waals surface area contributed by atoms with Crippen LogP contribution in [0.15, 0.2) is 57.6 Å². The highest BCUT2D eigenvalue weighted by molar-refractivity contribution is 5.71.